The van der Waals surface area contributed by atoms with Gasteiger partial charge in [-0.25, -0.2) is 0 Å². The van der Waals surface area contributed by atoms with Crippen LogP contribution in [-0.4, -0.2) is 31.4 Å². The smallest absolute Gasteiger partial charge is 0.144 e. The highest BCUT2D eigenvalue weighted by molar-refractivity contribution is 5.74. The van der Waals surface area contributed by atoms with E-state index in [0.29, 0.717) is 12.5 Å². The lowest BCUT2D eigenvalue weighted by Gasteiger charge is -2.35. The molecule has 1 aromatic rings. The minimum absolute atomic E-state index is 0.271. The van der Waals surface area contributed by atoms with Crippen LogP contribution in [0.15, 0.2) is 18.2 Å². The summed E-state index contributed by atoms with van der Waals surface area (Å²) in [4.78, 5) is 2.33. The molecule has 0 bridgehead atoms. The lowest BCUT2D eigenvalue weighted by Crippen LogP contribution is -2.36. The number of benzene rings is 1. The Bertz CT molecular complexity index is 421. The summed E-state index contributed by atoms with van der Waals surface area (Å²) in [6, 6.07) is 6.01. The van der Waals surface area contributed by atoms with Crippen LogP contribution in [0.5, 0.6) is 5.75 Å². The van der Waals surface area contributed by atoms with Gasteiger partial charge >= 0.3 is 0 Å². The number of nitrogens with two attached hydrogens (primary N) is 1. The molecule has 4 nitrogen and oxygen atoms in total. The van der Waals surface area contributed by atoms with Gasteiger partial charge in [0, 0.05) is 19.7 Å². The first-order valence-electron chi connectivity index (χ1n) is 7.63. The van der Waals surface area contributed by atoms with E-state index in [0.717, 1.165) is 49.5 Å². The van der Waals surface area contributed by atoms with Crippen LogP contribution in [0.4, 0.5) is 11.4 Å². The zero-order chi connectivity index (χ0) is 14.4. The molecule has 1 saturated heterocycles. The average molecular weight is 278 g/mol. The number of hydrogen-bond donors (Lipinski definition) is 2. The summed E-state index contributed by atoms with van der Waals surface area (Å²) < 4.78 is 5.70. The van der Waals surface area contributed by atoms with E-state index in [1.807, 2.05) is 12.1 Å². The van der Waals surface area contributed by atoms with Crippen molar-refractivity contribution in [3.8, 4) is 5.75 Å². The van der Waals surface area contributed by atoms with Gasteiger partial charge in [-0.2, -0.15) is 0 Å². The highest BCUT2D eigenvalue weighted by Crippen LogP contribution is 2.35. The molecule has 0 amide bonds. The lowest BCUT2D eigenvalue weighted by atomic mass is 9.94. The van der Waals surface area contributed by atoms with E-state index in [1.165, 1.54) is 6.42 Å². The number of nitrogens with zero attached hydrogens (tertiary/aromatic N) is 1. The third-order valence-electron chi connectivity index (χ3n) is 3.90. The molecule has 0 aromatic heterocycles. The molecule has 1 aliphatic heterocycles. The molecule has 0 aliphatic carbocycles. The fourth-order valence-electron chi connectivity index (χ4n) is 2.85. The second kappa shape index (κ2) is 7.39. The van der Waals surface area contributed by atoms with E-state index < -0.39 is 0 Å². The summed E-state index contributed by atoms with van der Waals surface area (Å²) in [5.41, 5.74) is 8.07. The number of anilines is 2. The second-order valence-electron chi connectivity index (χ2n) is 5.50. The fraction of sp³-hybridized carbons (Fsp3) is 0.625. The van der Waals surface area contributed by atoms with Crippen molar-refractivity contribution in [2.45, 2.75) is 32.6 Å². The van der Waals surface area contributed by atoms with Gasteiger partial charge in [0.05, 0.1) is 18.0 Å². The first kappa shape index (κ1) is 15.0. The summed E-state index contributed by atoms with van der Waals surface area (Å²) in [5.74, 6) is 1.35. The average Bonchev–Trinajstić information content (AvgIpc) is 2.47. The molecule has 1 fully saturated rings. The van der Waals surface area contributed by atoms with Crippen LogP contribution in [0, 0.1) is 5.92 Å². The minimum atomic E-state index is 0.271. The Kier molecular flexibility index (Phi) is 5.53. The maximum Gasteiger partial charge on any atom is 0.144 e. The molecule has 0 radical (unpaired) electrons. The summed E-state index contributed by atoms with van der Waals surface area (Å²) in [6.45, 7) is 5.06. The number of piperidine rings is 1. The molecule has 1 aliphatic rings. The van der Waals surface area contributed by atoms with Crippen LogP contribution in [-0.2, 0) is 0 Å². The third kappa shape index (κ3) is 3.57. The van der Waals surface area contributed by atoms with E-state index in [4.69, 9.17) is 15.6 Å². The van der Waals surface area contributed by atoms with Crippen molar-refractivity contribution < 1.29 is 9.84 Å². The number of aliphatic hydroxyl groups is 1. The number of nitrogen functional groups attached to an aromatic ring is 1. The van der Waals surface area contributed by atoms with Gasteiger partial charge in [0.25, 0.3) is 0 Å². The molecule has 4 heteroatoms. The lowest BCUT2D eigenvalue weighted by molar-refractivity contribution is 0.244. The molecular formula is C16H26N2O2. The minimum Gasteiger partial charge on any atom is -0.491 e. The molecule has 0 spiro atoms. The van der Waals surface area contributed by atoms with Crippen molar-refractivity contribution in [3.05, 3.63) is 18.2 Å². The third-order valence-corrected chi connectivity index (χ3v) is 3.90. The van der Waals surface area contributed by atoms with Gasteiger partial charge < -0.3 is 20.5 Å². The molecule has 3 N–H and O–H groups in total. The highest BCUT2D eigenvalue weighted by Gasteiger charge is 2.22. The van der Waals surface area contributed by atoms with E-state index in [9.17, 15) is 0 Å². The van der Waals surface area contributed by atoms with Gasteiger partial charge in [-0.15, -0.1) is 0 Å². The van der Waals surface area contributed by atoms with Gasteiger partial charge in [0.15, 0.2) is 0 Å². The second-order valence-corrected chi connectivity index (χ2v) is 5.50. The van der Waals surface area contributed by atoms with E-state index in [1.54, 1.807) is 0 Å². The molecule has 1 unspecified atom stereocenters. The number of rotatable bonds is 6. The SMILES string of the molecule is CCCOc1cccc(N2CCCC(CCO)C2)c1N. The first-order valence-corrected chi connectivity index (χ1v) is 7.63. The Morgan fingerprint density at radius 1 is 1.45 bits per heavy atom. The standard InChI is InChI=1S/C16H26N2O2/c1-2-11-20-15-7-3-6-14(16(15)17)18-9-4-5-13(12-18)8-10-19/h3,6-7,13,19H,2,4-5,8-12,17H2,1H3. The molecule has 20 heavy (non-hydrogen) atoms. The van der Waals surface area contributed by atoms with Gasteiger partial charge in [-0.1, -0.05) is 13.0 Å². The van der Waals surface area contributed by atoms with E-state index >= 15 is 0 Å². The Balaban J connectivity index is 2.11. The maximum atomic E-state index is 9.11. The van der Waals surface area contributed by atoms with E-state index in [-0.39, 0.29) is 6.61 Å². The molecule has 2 rings (SSSR count). The van der Waals surface area contributed by atoms with Gasteiger partial charge in [-0.05, 0) is 43.7 Å². The van der Waals surface area contributed by atoms with E-state index in [2.05, 4.69) is 17.9 Å². The highest BCUT2D eigenvalue weighted by atomic mass is 16.5. The van der Waals surface area contributed by atoms with Crippen LogP contribution < -0.4 is 15.4 Å². The molecule has 0 saturated carbocycles. The topological polar surface area (TPSA) is 58.7 Å². The predicted octanol–water partition coefficient (Wildman–Crippen LogP) is 2.66. The van der Waals surface area contributed by atoms with Crippen molar-refractivity contribution in [1.82, 2.24) is 0 Å². The number of hydrogen-bond acceptors (Lipinski definition) is 4. The zero-order valence-corrected chi connectivity index (χ0v) is 12.3. The maximum absolute atomic E-state index is 9.11. The molecule has 112 valence electrons. The van der Waals surface area contributed by atoms with Gasteiger partial charge in [0.2, 0.25) is 0 Å². The summed E-state index contributed by atoms with van der Waals surface area (Å²) in [7, 11) is 0. The summed E-state index contributed by atoms with van der Waals surface area (Å²) in [6.07, 6.45) is 4.21. The van der Waals surface area contributed by atoms with Crippen LogP contribution >= 0.6 is 0 Å². The first-order chi connectivity index (χ1) is 9.76. The Morgan fingerprint density at radius 2 is 2.30 bits per heavy atom. The van der Waals surface area contributed by atoms with Crippen LogP contribution in [0.3, 0.4) is 0 Å². The van der Waals surface area contributed by atoms with Crippen molar-refractivity contribution >= 4 is 11.4 Å². The molecule has 1 aromatic carbocycles. The quantitative estimate of drug-likeness (QED) is 0.785. The van der Waals surface area contributed by atoms with Gasteiger partial charge in [0.1, 0.15) is 5.75 Å². The van der Waals surface area contributed by atoms with Gasteiger partial charge in [-0.3, -0.25) is 0 Å². The van der Waals surface area contributed by atoms with Crippen LogP contribution in [0.2, 0.25) is 0 Å². The number of para-hydroxylation sites is 1. The van der Waals surface area contributed by atoms with Crippen LogP contribution in [0.25, 0.3) is 0 Å². The monoisotopic (exact) mass is 278 g/mol. The molecular weight excluding hydrogens is 252 g/mol. The number of aliphatic hydroxyl groups excluding tert-OH is 1. The fourth-order valence-corrected chi connectivity index (χ4v) is 2.85. The van der Waals surface area contributed by atoms with Crippen LogP contribution in [0.1, 0.15) is 32.6 Å². The summed E-state index contributed by atoms with van der Waals surface area (Å²) >= 11 is 0. The molecule has 1 atom stereocenters. The zero-order valence-electron chi connectivity index (χ0n) is 12.3. The predicted molar refractivity (Wildman–Crippen MR) is 83.3 cm³/mol. The summed E-state index contributed by atoms with van der Waals surface area (Å²) in [5, 5.41) is 9.11. The Hall–Kier alpha value is -1.42. The molecule has 1 heterocycles. The van der Waals surface area contributed by atoms with Crippen molar-refractivity contribution in [2.75, 3.05) is 36.9 Å². The largest absolute Gasteiger partial charge is 0.491 e. The Morgan fingerprint density at radius 3 is 3.05 bits per heavy atom. The van der Waals surface area contributed by atoms with Crippen molar-refractivity contribution in [3.63, 3.8) is 0 Å². The normalized spacial score (nSPS) is 19.1. The number of ether oxygens (including phenoxy) is 1. The van der Waals surface area contributed by atoms with Crippen molar-refractivity contribution in [1.29, 1.82) is 0 Å². The van der Waals surface area contributed by atoms with Crippen molar-refractivity contribution in [2.24, 2.45) is 5.92 Å². The Labute approximate surface area is 121 Å².